The van der Waals surface area contributed by atoms with Gasteiger partial charge in [0.2, 0.25) is 0 Å². The summed E-state index contributed by atoms with van der Waals surface area (Å²) in [6.45, 7) is 3.82. The molecule has 1 saturated heterocycles. The Bertz CT molecular complexity index is 899. The third-order valence-corrected chi connectivity index (χ3v) is 5.62. The SMILES string of the molecule is CCOc1ccccc1C(=O)N1CCC(Oc2nc3ccccc3s2)CC1. The molecule has 2 aromatic carbocycles. The Labute approximate surface area is 162 Å². The number of fused-ring (bicyclic) bond motifs is 1. The molecule has 0 unspecified atom stereocenters. The number of likely N-dealkylation sites (tertiary alicyclic amines) is 1. The second-order valence-electron chi connectivity index (χ2n) is 6.49. The number of hydrogen-bond acceptors (Lipinski definition) is 5. The Balaban J connectivity index is 1.38. The Kier molecular flexibility index (Phi) is 5.25. The average molecular weight is 382 g/mol. The largest absolute Gasteiger partial charge is 0.493 e. The molecule has 140 valence electrons. The lowest BCUT2D eigenvalue weighted by Crippen LogP contribution is -2.41. The molecule has 0 saturated carbocycles. The van der Waals surface area contributed by atoms with Gasteiger partial charge in [0.25, 0.3) is 11.1 Å². The Morgan fingerprint density at radius 1 is 1.15 bits per heavy atom. The molecule has 4 rings (SSSR count). The highest BCUT2D eigenvalue weighted by atomic mass is 32.1. The van der Waals surface area contributed by atoms with Crippen molar-refractivity contribution < 1.29 is 14.3 Å². The number of nitrogens with zero attached hydrogens (tertiary/aromatic N) is 2. The Morgan fingerprint density at radius 2 is 1.89 bits per heavy atom. The van der Waals surface area contributed by atoms with Crippen LogP contribution < -0.4 is 9.47 Å². The van der Waals surface area contributed by atoms with Gasteiger partial charge in [-0.3, -0.25) is 4.79 Å². The van der Waals surface area contributed by atoms with Crippen molar-refractivity contribution in [3.05, 3.63) is 54.1 Å². The fourth-order valence-electron chi connectivity index (χ4n) is 3.32. The monoisotopic (exact) mass is 382 g/mol. The number of amides is 1. The molecular weight excluding hydrogens is 360 g/mol. The van der Waals surface area contributed by atoms with Gasteiger partial charge in [-0.2, -0.15) is 0 Å². The summed E-state index contributed by atoms with van der Waals surface area (Å²) in [5.41, 5.74) is 1.60. The van der Waals surface area contributed by atoms with E-state index in [2.05, 4.69) is 11.1 Å². The third kappa shape index (κ3) is 3.90. The van der Waals surface area contributed by atoms with Gasteiger partial charge in [0.15, 0.2) is 0 Å². The molecule has 0 N–H and O–H groups in total. The molecule has 0 spiro atoms. The molecule has 5 nitrogen and oxygen atoms in total. The van der Waals surface area contributed by atoms with Crippen molar-refractivity contribution in [1.29, 1.82) is 0 Å². The maximum atomic E-state index is 12.9. The van der Waals surface area contributed by atoms with E-state index in [1.54, 1.807) is 11.3 Å². The highest BCUT2D eigenvalue weighted by Crippen LogP contribution is 2.30. The van der Waals surface area contributed by atoms with Crippen LogP contribution in [0.2, 0.25) is 0 Å². The number of carbonyl (C=O) groups excluding carboxylic acids is 1. The van der Waals surface area contributed by atoms with Gasteiger partial charge in [-0.05, 0) is 31.2 Å². The second kappa shape index (κ2) is 7.96. The highest BCUT2D eigenvalue weighted by molar-refractivity contribution is 7.20. The summed E-state index contributed by atoms with van der Waals surface area (Å²) < 4.78 is 12.8. The van der Waals surface area contributed by atoms with E-state index in [1.165, 1.54) is 0 Å². The van der Waals surface area contributed by atoms with Gasteiger partial charge in [-0.1, -0.05) is 35.6 Å². The van der Waals surface area contributed by atoms with Crippen LogP contribution in [0, 0.1) is 0 Å². The number of ether oxygens (including phenoxy) is 2. The van der Waals surface area contributed by atoms with E-state index in [4.69, 9.17) is 9.47 Å². The van der Waals surface area contributed by atoms with Crippen molar-refractivity contribution in [3.63, 3.8) is 0 Å². The van der Waals surface area contributed by atoms with Crippen LogP contribution in [0.1, 0.15) is 30.1 Å². The maximum absolute atomic E-state index is 12.9. The molecule has 0 bridgehead atoms. The maximum Gasteiger partial charge on any atom is 0.274 e. The summed E-state index contributed by atoms with van der Waals surface area (Å²) in [5.74, 6) is 0.676. The molecule has 0 aliphatic carbocycles. The summed E-state index contributed by atoms with van der Waals surface area (Å²) >= 11 is 1.57. The summed E-state index contributed by atoms with van der Waals surface area (Å²) in [6.07, 6.45) is 1.70. The summed E-state index contributed by atoms with van der Waals surface area (Å²) in [4.78, 5) is 19.3. The van der Waals surface area contributed by atoms with E-state index in [0.29, 0.717) is 36.2 Å². The predicted molar refractivity (Wildman–Crippen MR) is 107 cm³/mol. The van der Waals surface area contributed by atoms with Crippen LogP contribution in [-0.4, -0.2) is 41.6 Å². The number of rotatable bonds is 5. The van der Waals surface area contributed by atoms with Crippen LogP contribution in [0.15, 0.2) is 48.5 Å². The Morgan fingerprint density at radius 3 is 2.67 bits per heavy atom. The molecule has 1 aliphatic rings. The zero-order valence-electron chi connectivity index (χ0n) is 15.3. The van der Waals surface area contributed by atoms with Gasteiger partial charge in [0.1, 0.15) is 11.9 Å². The van der Waals surface area contributed by atoms with Crippen LogP contribution in [-0.2, 0) is 0 Å². The number of aromatic nitrogens is 1. The Hall–Kier alpha value is -2.60. The zero-order chi connectivity index (χ0) is 18.6. The van der Waals surface area contributed by atoms with Crippen LogP contribution in [0.3, 0.4) is 0 Å². The number of hydrogen-bond donors (Lipinski definition) is 0. The molecule has 1 fully saturated rings. The molecule has 6 heteroatoms. The highest BCUT2D eigenvalue weighted by Gasteiger charge is 2.26. The van der Waals surface area contributed by atoms with Crippen molar-refractivity contribution in [2.75, 3.05) is 19.7 Å². The third-order valence-electron chi connectivity index (χ3n) is 4.69. The van der Waals surface area contributed by atoms with Gasteiger partial charge in [0.05, 0.1) is 22.4 Å². The van der Waals surface area contributed by atoms with Crippen molar-refractivity contribution in [2.24, 2.45) is 0 Å². The molecule has 0 radical (unpaired) electrons. The molecule has 2 heterocycles. The fourth-order valence-corrected chi connectivity index (χ4v) is 4.20. The van der Waals surface area contributed by atoms with Crippen LogP contribution in [0.25, 0.3) is 10.2 Å². The van der Waals surface area contributed by atoms with Gasteiger partial charge in [-0.15, -0.1) is 0 Å². The van der Waals surface area contributed by atoms with E-state index < -0.39 is 0 Å². The quantitative estimate of drug-likeness (QED) is 0.657. The molecular formula is C21H22N2O3S. The first kappa shape index (κ1) is 17.8. The minimum Gasteiger partial charge on any atom is -0.493 e. The number of carbonyl (C=O) groups is 1. The summed E-state index contributed by atoms with van der Waals surface area (Å²) in [7, 11) is 0. The first-order valence-electron chi connectivity index (χ1n) is 9.28. The molecule has 3 aromatic rings. The number of piperidine rings is 1. The van der Waals surface area contributed by atoms with Crippen molar-refractivity contribution in [3.8, 4) is 10.9 Å². The lowest BCUT2D eigenvalue weighted by molar-refractivity contribution is 0.0592. The van der Waals surface area contributed by atoms with Crippen LogP contribution >= 0.6 is 11.3 Å². The standard InChI is InChI=1S/C21H22N2O3S/c1-2-25-18-9-5-3-7-16(18)20(24)23-13-11-15(12-14-23)26-21-22-17-8-4-6-10-19(17)27-21/h3-10,15H,2,11-14H2,1H3. The van der Waals surface area contributed by atoms with E-state index >= 15 is 0 Å². The smallest absolute Gasteiger partial charge is 0.274 e. The number of benzene rings is 2. The van der Waals surface area contributed by atoms with Crippen molar-refractivity contribution >= 4 is 27.5 Å². The summed E-state index contributed by atoms with van der Waals surface area (Å²) in [6, 6.07) is 15.5. The van der Waals surface area contributed by atoms with E-state index in [-0.39, 0.29) is 12.0 Å². The first-order chi connectivity index (χ1) is 13.2. The molecule has 0 atom stereocenters. The minimum absolute atomic E-state index is 0.0255. The zero-order valence-corrected chi connectivity index (χ0v) is 16.1. The normalized spacial score (nSPS) is 15.1. The van der Waals surface area contributed by atoms with Crippen LogP contribution in [0.5, 0.6) is 10.9 Å². The molecule has 27 heavy (non-hydrogen) atoms. The first-order valence-corrected chi connectivity index (χ1v) is 10.1. The molecule has 1 aromatic heterocycles. The predicted octanol–water partition coefficient (Wildman–Crippen LogP) is 4.38. The topological polar surface area (TPSA) is 51.7 Å². The second-order valence-corrected chi connectivity index (χ2v) is 7.48. The summed E-state index contributed by atoms with van der Waals surface area (Å²) in [5, 5.41) is 0.711. The average Bonchev–Trinajstić information content (AvgIpc) is 3.11. The van der Waals surface area contributed by atoms with E-state index in [1.807, 2.05) is 54.3 Å². The number of thiazole rings is 1. The van der Waals surface area contributed by atoms with Gasteiger partial charge in [-0.25, -0.2) is 4.98 Å². The van der Waals surface area contributed by atoms with Crippen molar-refractivity contribution in [2.45, 2.75) is 25.9 Å². The van der Waals surface area contributed by atoms with E-state index in [9.17, 15) is 4.79 Å². The molecule has 1 amide bonds. The minimum atomic E-state index is 0.0255. The van der Waals surface area contributed by atoms with Gasteiger partial charge >= 0.3 is 0 Å². The van der Waals surface area contributed by atoms with Gasteiger partial charge in [0, 0.05) is 25.9 Å². The fraction of sp³-hybridized carbons (Fsp3) is 0.333. The van der Waals surface area contributed by atoms with Gasteiger partial charge < -0.3 is 14.4 Å². The lowest BCUT2D eigenvalue weighted by atomic mass is 10.1. The lowest BCUT2D eigenvalue weighted by Gasteiger charge is -2.32. The van der Waals surface area contributed by atoms with E-state index in [0.717, 1.165) is 23.1 Å². The molecule has 1 aliphatic heterocycles. The van der Waals surface area contributed by atoms with Crippen molar-refractivity contribution in [1.82, 2.24) is 9.88 Å². The van der Waals surface area contributed by atoms with Crippen LogP contribution in [0.4, 0.5) is 0 Å². The number of para-hydroxylation sites is 2.